The minimum Gasteiger partial charge on any atom is -0.456 e. The molecule has 0 aliphatic rings. The van der Waals surface area contributed by atoms with Crippen LogP contribution < -0.4 is 5.43 Å². The number of aromatic nitrogens is 1. The van der Waals surface area contributed by atoms with Crippen LogP contribution in [0, 0.1) is 6.92 Å². The van der Waals surface area contributed by atoms with Crippen molar-refractivity contribution in [1.82, 2.24) is 9.99 Å². The molecule has 0 aliphatic carbocycles. The zero-order valence-electron chi connectivity index (χ0n) is 15.5. The van der Waals surface area contributed by atoms with Gasteiger partial charge < -0.3 is 8.98 Å². The zero-order valence-corrected chi connectivity index (χ0v) is 17.0. The lowest BCUT2D eigenvalue weighted by molar-refractivity contribution is 0.0926. The second kappa shape index (κ2) is 8.15. The van der Waals surface area contributed by atoms with Gasteiger partial charge in [-0.1, -0.05) is 47.5 Å². The van der Waals surface area contributed by atoms with Gasteiger partial charge in [0.05, 0.1) is 16.3 Å². The number of carbonyl (C=O) groups excluding carboxylic acids is 1. The lowest BCUT2D eigenvalue weighted by atomic mass is 10.2. The monoisotopic (exact) mass is 425 g/mol. The highest BCUT2D eigenvalue weighted by atomic mass is 35.5. The van der Waals surface area contributed by atoms with E-state index in [1.165, 1.54) is 0 Å². The molecule has 2 heterocycles. The number of nitrogens with one attached hydrogen (secondary N) is 1. The summed E-state index contributed by atoms with van der Waals surface area (Å²) in [6, 6.07) is 16.9. The van der Waals surface area contributed by atoms with Crippen LogP contribution in [0.1, 0.15) is 27.4 Å². The number of benzene rings is 2. The molecule has 0 radical (unpaired) electrons. The summed E-state index contributed by atoms with van der Waals surface area (Å²) in [6.45, 7) is 2.41. The quantitative estimate of drug-likeness (QED) is 0.331. The summed E-state index contributed by atoms with van der Waals surface area (Å²) < 4.78 is 7.40. The largest absolute Gasteiger partial charge is 0.456 e. The highest BCUT2D eigenvalue weighted by molar-refractivity contribution is 6.42. The van der Waals surface area contributed by atoms with Crippen molar-refractivity contribution in [2.24, 2.45) is 5.10 Å². The van der Waals surface area contributed by atoms with Crippen LogP contribution in [0.2, 0.25) is 10.0 Å². The zero-order chi connectivity index (χ0) is 20.4. The number of hydrogen-bond acceptors (Lipinski definition) is 3. The van der Waals surface area contributed by atoms with E-state index in [1.54, 1.807) is 31.3 Å². The van der Waals surface area contributed by atoms with Crippen LogP contribution >= 0.6 is 23.2 Å². The van der Waals surface area contributed by atoms with E-state index < -0.39 is 5.91 Å². The van der Waals surface area contributed by atoms with Gasteiger partial charge >= 0.3 is 5.91 Å². The molecule has 0 spiro atoms. The van der Waals surface area contributed by atoms with Crippen LogP contribution in [0.5, 0.6) is 0 Å². The maximum absolute atomic E-state index is 12.1. The van der Waals surface area contributed by atoms with Crippen molar-refractivity contribution in [3.05, 3.63) is 93.5 Å². The minimum atomic E-state index is -0.395. The Hall–Kier alpha value is -3.02. The van der Waals surface area contributed by atoms with Crippen molar-refractivity contribution in [2.45, 2.75) is 13.5 Å². The van der Waals surface area contributed by atoms with Crippen LogP contribution in [0.3, 0.4) is 0 Å². The number of nitrogens with zero attached hydrogens (tertiary/aromatic N) is 2. The molecule has 146 valence electrons. The third-order valence-electron chi connectivity index (χ3n) is 4.49. The van der Waals surface area contributed by atoms with Crippen molar-refractivity contribution in [1.29, 1.82) is 0 Å². The maximum Gasteiger partial charge on any atom is 0.307 e. The second-order valence-electron chi connectivity index (χ2n) is 6.59. The molecule has 0 fully saturated rings. The van der Waals surface area contributed by atoms with E-state index in [4.69, 9.17) is 27.6 Å². The predicted molar refractivity (Wildman–Crippen MR) is 116 cm³/mol. The first kappa shape index (κ1) is 19.3. The van der Waals surface area contributed by atoms with Gasteiger partial charge in [-0.2, -0.15) is 5.10 Å². The maximum atomic E-state index is 12.1. The van der Waals surface area contributed by atoms with E-state index >= 15 is 0 Å². The van der Waals surface area contributed by atoms with Gasteiger partial charge in [0, 0.05) is 29.2 Å². The molecule has 0 saturated heterocycles. The summed E-state index contributed by atoms with van der Waals surface area (Å²) in [5.41, 5.74) is 5.46. The topological polar surface area (TPSA) is 59.5 Å². The summed E-state index contributed by atoms with van der Waals surface area (Å²) in [5, 5.41) is 6.17. The lowest BCUT2D eigenvalue weighted by Crippen LogP contribution is -2.16. The number of para-hydroxylation sites is 1. The summed E-state index contributed by atoms with van der Waals surface area (Å²) in [7, 11) is 0. The molecule has 4 rings (SSSR count). The Morgan fingerprint density at radius 2 is 1.97 bits per heavy atom. The molecule has 0 bridgehead atoms. The molecule has 0 unspecified atom stereocenters. The van der Waals surface area contributed by atoms with Crippen molar-refractivity contribution in [2.75, 3.05) is 0 Å². The minimum absolute atomic E-state index is 0.224. The molecule has 1 amide bonds. The van der Waals surface area contributed by atoms with E-state index in [0.29, 0.717) is 22.4 Å². The Bertz CT molecular complexity index is 1220. The number of hydrogen-bond donors (Lipinski definition) is 1. The summed E-state index contributed by atoms with van der Waals surface area (Å²) >= 11 is 12.2. The van der Waals surface area contributed by atoms with E-state index in [1.807, 2.05) is 42.6 Å². The SMILES string of the molecule is Cc1ccc(C(=O)N/N=C\c2cn(Cc3ccc(Cl)c(Cl)c3)c3ccccc23)o1. The number of furan rings is 1. The van der Waals surface area contributed by atoms with Gasteiger partial charge in [-0.3, -0.25) is 4.79 Å². The van der Waals surface area contributed by atoms with E-state index in [0.717, 1.165) is 22.0 Å². The Balaban J connectivity index is 1.58. The fourth-order valence-electron chi connectivity index (χ4n) is 3.12. The average molecular weight is 426 g/mol. The Morgan fingerprint density at radius 3 is 2.72 bits per heavy atom. The molecule has 1 N–H and O–H groups in total. The molecule has 7 heteroatoms. The normalized spacial score (nSPS) is 11.4. The Morgan fingerprint density at radius 1 is 1.14 bits per heavy atom. The first-order valence-electron chi connectivity index (χ1n) is 8.93. The highest BCUT2D eigenvalue weighted by Gasteiger charge is 2.10. The third kappa shape index (κ3) is 4.21. The lowest BCUT2D eigenvalue weighted by Gasteiger charge is -2.06. The molecule has 29 heavy (non-hydrogen) atoms. The van der Waals surface area contributed by atoms with Crippen molar-refractivity contribution in [3.8, 4) is 0 Å². The fraction of sp³-hybridized carbons (Fsp3) is 0.0909. The first-order chi connectivity index (χ1) is 14.0. The number of aryl methyl sites for hydroxylation is 1. The fourth-order valence-corrected chi connectivity index (χ4v) is 3.44. The van der Waals surface area contributed by atoms with Crippen LogP contribution in [0.4, 0.5) is 0 Å². The summed E-state index contributed by atoms with van der Waals surface area (Å²) in [5.74, 6) is 0.500. The molecule has 0 atom stereocenters. The average Bonchev–Trinajstić information content (AvgIpc) is 3.29. The van der Waals surface area contributed by atoms with Crippen LogP contribution in [0.15, 0.2) is 70.3 Å². The standard InChI is InChI=1S/C22H17Cl2N3O2/c1-14-6-9-21(29-14)22(28)26-25-11-16-13-27(20-5-3-2-4-17(16)20)12-15-7-8-18(23)19(24)10-15/h2-11,13H,12H2,1H3,(H,26,28)/b25-11-. The highest BCUT2D eigenvalue weighted by Crippen LogP contribution is 2.25. The van der Waals surface area contributed by atoms with Gasteiger partial charge in [-0.25, -0.2) is 5.43 Å². The van der Waals surface area contributed by atoms with Crippen molar-refractivity contribution in [3.63, 3.8) is 0 Å². The number of rotatable bonds is 5. The van der Waals surface area contributed by atoms with E-state index in [-0.39, 0.29) is 5.76 Å². The summed E-state index contributed by atoms with van der Waals surface area (Å²) in [4.78, 5) is 12.1. The third-order valence-corrected chi connectivity index (χ3v) is 5.23. The number of hydrazone groups is 1. The summed E-state index contributed by atoms with van der Waals surface area (Å²) in [6.07, 6.45) is 3.61. The van der Waals surface area contributed by atoms with Crippen LogP contribution in [0.25, 0.3) is 10.9 Å². The van der Waals surface area contributed by atoms with Crippen LogP contribution in [-0.2, 0) is 6.54 Å². The molecule has 4 aromatic rings. The number of halogens is 2. The van der Waals surface area contributed by atoms with Crippen LogP contribution in [-0.4, -0.2) is 16.7 Å². The van der Waals surface area contributed by atoms with Gasteiger partial charge in [0.1, 0.15) is 5.76 Å². The molecule has 0 aliphatic heterocycles. The molecule has 0 saturated carbocycles. The molecule has 5 nitrogen and oxygen atoms in total. The Kier molecular flexibility index (Phi) is 5.43. The number of carbonyl (C=O) groups is 1. The van der Waals surface area contributed by atoms with Gasteiger partial charge in [0.15, 0.2) is 5.76 Å². The van der Waals surface area contributed by atoms with Gasteiger partial charge in [0.2, 0.25) is 0 Å². The number of amides is 1. The number of fused-ring (bicyclic) bond motifs is 1. The molecular weight excluding hydrogens is 409 g/mol. The molecular formula is C22H17Cl2N3O2. The molecule has 2 aromatic heterocycles. The van der Waals surface area contributed by atoms with Crippen molar-refractivity contribution < 1.29 is 9.21 Å². The van der Waals surface area contributed by atoms with Gasteiger partial charge in [0.25, 0.3) is 0 Å². The van der Waals surface area contributed by atoms with Gasteiger partial charge in [-0.15, -0.1) is 0 Å². The van der Waals surface area contributed by atoms with Gasteiger partial charge in [-0.05, 0) is 42.8 Å². The first-order valence-corrected chi connectivity index (χ1v) is 9.68. The smallest absolute Gasteiger partial charge is 0.307 e. The Labute approximate surface area is 177 Å². The van der Waals surface area contributed by atoms with E-state index in [9.17, 15) is 4.79 Å². The second-order valence-corrected chi connectivity index (χ2v) is 7.40. The predicted octanol–water partition coefficient (Wildman–Crippen LogP) is 5.66. The molecule has 2 aromatic carbocycles. The van der Waals surface area contributed by atoms with E-state index in [2.05, 4.69) is 15.1 Å². The van der Waals surface area contributed by atoms with Crippen molar-refractivity contribution >= 4 is 46.2 Å².